The van der Waals surface area contributed by atoms with Crippen LogP contribution in [0.2, 0.25) is 5.02 Å². The highest BCUT2D eigenvalue weighted by molar-refractivity contribution is 7.91. The number of hydrogen-bond acceptors (Lipinski definition) is 5. The Kier molecular flexibility index (Phi) is 10.1. The smallest absolute Gasteiger partial charge is 0.301 e. The molecule has 0 atom stereocenters. The summed E-state index contributed by atoms with van der Waals surface area (Å²) in [5.74, 6) is -0.319. The van der Waals surface area contributed by atoms with E-state index in [0.29, 0.717) is 46.1 Å². The molecule has 1 aliphatic heterocycles. The van der Waals surface area contributed by atoms with E-state index in [1.165, 1.54) is 4.31 Å². The fourth-order valence-corrected chi connectivity index (χ4v) is 4.73. The highest BCUT2D eigenvalue weighted by atomic mass is 35.5. The summed E-state index contributed by atoms with van der Waals surface area (Å²) in [6, 6.07) is 15.2. The molecule has 0 saturated carbocycles. The highest BCUT2D eigenvalue weighted by Crippen LogP contribution is 2.34. The third-order valence-corrected chi connectivity index (χ3v) is 6.72. The summed E-state index contributed by atoms with van der Waals surface area (Å²) in [5.41, 5.74) is 13.1. The third-order valence-electron chi connectivity index (χ3n) is 4.87. The number of rotatable bonds is 4. The van der Waals surface area contributed by atoms with Crippen LogP contribution in [0, 0.1) is 0 Å². The number of carbonyl (C=O) groups excluding carboxylic acids is 1. The van der Waals surface area contributed by atoms with E-state index < -0.39 is 10.2 Å². The second-order valence-corrected chi connectivity index (χ2v) is 9.21. The number of nitrogens with two attached hydrogens (primary N) is 2. The summed E-state index contributed by atoms with van der Waals surface area (Å²) in [6.45, 7) is 7.59. The van der Waals surface area contributed by atoms with Gasteiger partial charge in [-0.3, -0.25) is 9.10 Å². The second-order valence-electron chi connectivity index (χ2n) is 7.13. The van der Waals surface area contributed by atoms with Crippen LogP contribution in [0.15, 0.2) is 54.6 Å². The van der Waals surface area contributed by atoms with E-state index in [1.54, 1.807) is 48.5 Å². The Morgan fingerprint density at radius 1 is 1.12 bits per heavy atom. The lowest BCUT2D eigenvalue weighted by Gasteiger charge is -2.16. The van der Waals surface area contributed by atoms with Crippen LogP contribution in [0.1, 0.15) is 37.6 Å². The van der Waals surface area contributed by atoms with Crippen molar-refractivity contribution in [2.75, 3.05) is 35.0 Å². The molecule has 1 aliphatic rings. The monoisotopic (exact) mass is 505 g/mol. The van der Waals surface area contributed by atoms with Crippen LogP contribution >= 0.6 is 11.6 Å². The van der Waals surface area contributed by atoms with Gasteiger partial charge in [0.1, 0.15) is 0 Å². The van der Waals surface area contributed by atoms with Crippen molar-refractivity contribution < 1.29 is 13.2 Å². The standard InChI is InChI=1S/C19H17ClN4O3S.C3H9N.C2H6/c20-15-8-9-17(14-2-1-3-16(21)18(14)15)23-19(25)12-4-6-13(7-5-12)24-11-10-22-28(24,26)27;1-2-3-4;1-2/h1-9,22H,10-11,21H2,(H,23,25);2-4H2,1H3;1-2H3. The normalized spacial score (nSPS) is 14.0. The SMILES string of the molecule is CC.CCCN.Nc1cccc2c(NC(=O)c3ccc(N4CCNS4(=O)=O)cc3)ccc(Cl)c12. The van der Waals surface area contributed by atoms with E-state index in [-0.39, 0.29) is 5.91 Å². The maximum absolute atomic E-state index is 12.7. The molecular formula is C24H32ClN5O3S. The number of fused-ring (bicyclic) bond motifs is 1. The van der Waals surface area contributed by atoms with Crippen molar-refractivity contribution >= 4 is 55.6 Å². The molecule has 1 fully saturated rings. The molecule has 0 radical (unpaired) electrons. The summed E-state index contributed by atoms with van der Waals surface area (Å²) >= 11 is 6.24. The van der Waals surface area contributed by atoms with Crippen molar-refractivity contribution in [3.8, 4) is 0 Å². The second kappa shape index (κ2) is 12.6. The first-order valence-electron chi connectivity index (χ1n) is 11.1. The molecule has 0 aromatic heterocycles. The molecule has 4 rings (SSSR count). The molecule has 10 heteroatoms. The molecule has 6 N–H and O–H groups in total. The molecule has 8 nitrogen and oxygen atoms in total. The molecule has 1 heterocycles. The lowest BCUT2D eigenvalue weighted by atomic mass is 10.1. The first-order chi connectivity index (χ1) is 16.3. The van der Waals surface area contributed by atoms with E-state index in [2.05, 4.69) is 17.0 Å². The van der Waals surface area contributed by atoms with Gasteiger partial charge in [0, 0.05) is 40.8 Å². The Labute approximate surface area is 206 Å². The summed E-state index contributed by atoms with van der Waals surface area (Å²) < 4.78 is 27.5. The van der Waals surface area contributed by atoms with Gasteiger partial charge in [0.25, 0.3) is 5.91 Å². The number of anilines is 3. The molecule has 3 aromatic rings. The van der Waals surface area contributed by atoms with E-state index in [4.69, 9.17) is 23.1 Å². The molecule has 1 amide bonds. The lowest BCUT2D eigenvalue weighted by molar-refractivity contribution is 0.102. The van der Waals surface area contributed by atoms with Gasteiger partial charge >= 0.3 is 10.2 Å². The Bertz CT molecular complexity index is 1210. The molecule has 0 bridgehead atoms. The predicted octanol–water partition coefficient (Wildman–Crippen LogP) is 4.36. The van der Waals surface area contributed by atoms with Gasteiger partial charge in [0.2, 0.25) is 0 Å². The number of benzene rings is 3. The maximum Gasteiger partial charge on any atom is 0.301 e. The van der Waals surface area contributed by atoms with Crippen molar-refractivity contribution in [1.82, 2.24) is 4.72 Å². The zero-order valence-electron chi connectivity index (χ0n) is 19.6. The van der Waals surface area contributed by atoms with Crippen molar-refractivity contribution in [3.05, 3.63) is 65.2 Å². The van der Waals surface area contributed by atoms with Gasteiger partial charge in [-0.2, -0.15) is 13.1 Å². The van der Waals surface area contributed by atoms with Crippen LogP contribution in [0.25, 0.3) is 10.8 Å². The summed E-state index contributed by atoms with van der Waals surface area (Å²) in [7, 11) is -3.50. The van der Waals surface area contributed by atoms with Gasteiger partial charge in [0.15, 0.2) is 0 Å². The highest BCUT2D eigenvalue weighted by Gasteiger charge is 2.27. The minimum atomic E-state index is -3.50. The fraction of sp³-hybridized carbons (Fsp3) is 0.292. The number of carbonyl (C=O) groups is 1. The van der Waals surface area contributed by atoms with Crippen molar-refractivity contribution in [3.63, 3.8) is 0 Å². The number of nitrogens with one attached hydrogen (secondary N) is 2. The molecular weight excluding hydrogens is 474 g/mol. The van der Waals surface area contributed by atoms with Crippen LogP contribution in [0.3, 0.4) is 0 Å². The Morgan fingerprint density at radius 3 is 2.32 bits per heavy atom. The van der Waals surface area contributed by atoms with Gasteiger partial charge < -0.3 is 16.8 Å². The van der Waals surface area contributed by atoms with Gasteiger partial charge in [-0.1, -0.05) is 44.5 Å². The number of halogens is 1. The quantitative estimate of drug-likeness (QED) is 0.391. The van der Waals surface area contributed by atoms with Crippen LogP contribution in [-0.4, -0.2) is 34.0 Å². The van der Waals surface area contributed by atoms with Crippen LogP contribution in [0.5, 0.6) is 0 Å². The van der Waals surface area contributed by atoms with Crippen LogP contribution in [0.4, 0.5) is 17.1 Å². The number of amides is 1. The first kappa shape index (κ1) is 27.4. The zero-order chi connectivity index (χ0) is 25.3. The number of nitrogen functional groups attached to an aromatic ring is 1. The van der Waals surface area contributed by atoms with E-state index in [1.807, 2.05) is 19.9 Å². The van der Waals surface area contributed by atoms with Gasteiger partial charge in [0.05, 0.1) is 10.7 Å². The minimum absolute atomic E-state index is 0.319. The van der Waals surface area contributed by atoms with Gasteiger partial charge in [-0.15, -0.1) is 0 Å². The molecule has 0 aliphatic carbocycles. The van der Waals surface area contributed by atoms with Crippen molar-refractivity contribution in [2.24, 2.45) is 5.73 Å². The lowest BCUT2D eigenvalue weighted by Crippen LogP contribution is -2.29. The third kappa shape index (κ3) is 6.38. The number of hydrogen-bond donors (Lipinski definition) is 4. The van der Waals surface area contributed by atoms with Crippen molar-refractivity contribution in [2.45, 2.75) is 27.2 Å². The maximum atomic E-state index is 12.7. The van der Waals surface area contributed by atoms with Gasteiger partial charge in [-0.25, -0.2) is 0 Å². The molecule has 34 heavy (non-hydrogen) atoms. The largest absolute Gasteiger partial charge is 0.398 e. The topological polar surface area (TPSA) is 131 Å². The molecule has 1 saturated heterocycles. The Balaban J connectivity index is 0.000000618. The Hall–Kier alpha value is -2.85. The van der Waals surface area contributed by atoms with Crippen LogP contribution in [-0.2, 0) is 10.2 Å². The van der Waals surface area contributed by atoms with E-state index >= 15 is 0 Å². The van der Waals surface area contributed by atoms with Crippen molar-refractivity contribution in [1.29, 1.82) is 0 Å². The molecule has 0 unspecified atom stereocenters. The predicted molar refractivity (Wildman–Crippen MR) is 143 cm³/mol. The molecule has 0 spiro atoms. The zero-order valence-corrected chi connectivity index (χ0v) is 21.2. The minimum Gasteiger partial charge on any atom is -0.398 e. The summed E-state index contributed by atoms with van der Waals surface area (Å²) in [6.07, 6.45) is 1.10. The molecule has 184 valence electrons. The number of nitrogens with zero attached hydrogens (tertiary/aromatic N) is 1. The van der Waals surface area contributed by atoms with E-state index in [0.717, 1.165) is 18.4 Å². The molecule has 3 aromatic carbocycles. The summed E-state index contributed by atoms with van der Waals surface area (Å²) in [5, 5.41) is 4.80. The van der Waals surface area contributed by atoms with Crippen LogP contribution < -0.4 is 25.8 Å². The fourth-order valence-electron chi connectivity index (χ4n) is 3.22. The average Bonchev–Trinajstić information content (AvgIpc) is 3.21. The average molecular weight is 506 g/mol. The summed E-state index contributed by atoms with van der Waals surface area (Å²) in [4.78, 5) is 12.7. The first-order valence-corrected chi connectivity index (χ1v) is 13.0. The van der Waals surface area contributed by atoms with E-state index in [9.17, 15) is 13.2 Å². The van der Waals surface area contributed by atoms with Gasteiger partial charge in [-0.05, 0) is 55.4 Å². The Morgan fingerprint density at radius 2 is 1.76 bits per heavy atom.